The number of hydrogen-bond acceptors (Lipinski definition) is 2. The fourth-order valence-corrected chi connectivity index (χ4v) is 1.89. The van der Waals surface area contributed by atoms with E-state index >= 15 is 0 Å². The summed E-state index contributed by atoms with van der Waals surface area (Å²) in [7, 11) is 0. The molecular weight excluding hydrogens is 217 g/mol. The van der Waals surface area contributed by atoms with Crippen LogP contribution < -0.4 is 4.90 Å². The van der Waals surface area contributed by atoms with Gasteiger partial charge < -0.3 is 4.90 Å². The Balaban J connectivity index is 2.30. The molecule has 0 atom stereocenters. The predicted molar refractivity (Wildman–Crippen MR) is 65.6 cm³/mol. The van der Waals surface area contributed by atoms with Gasteiger partial charge in [0, 0.05) is 6.54 Å². The highest BCUT2D eigenvalue weighted by Crippen LogP contribution is 2.32. The minimum absolute atomic E-state index is 0.100. The van der Waals surface area contributed by atoms with E-state index in [1.165, 1.54) is 18.9 Å². The van der Waals surface area contributed by atoms with Crippen LogP contribution in [0.15, 0.2) is 18.2 Å². The molecule has 0 amide bonds. The number of anilines is 1. The summed E-state index contributed by atoms with van der Waals surface area (Å²) in [6.07, 6.45) is 8.25. The molecule has 1 aromatic carbocycles. The highest BCUT2D eigenvalue weighted by atomic mass is 19.1. The molecule has 0 saturated heterocycles. The van der Waals surface area contributed by atoms with Crippen molar-refractivity contribution in [2.24, 2.45) is 5.92 Å². The van der Waals surface area contributed by atoms with Crippen LogP contribution in [0.1, 0.15) is 23.2 Å². The number of rotatable bonds is 5. The molecule has 17 heavy (non-hydrogen) atoms. The molecule has 0 unspecified atom stereocenters. The second-order valence-electron chi connectivity index (χ2n) is 4.32. The quantitative estimate of drug-likeness (QED) is 0.573. The number of carbonyl (C=O) groups is 1. The summed E-state index contributed by atoms with van der Waals surface area (Å²) in [5.74, 6) is 2.70. The summed E-state index contributed by atoms with van der Waals surface area (Å²) in [6.45, 7) is 1.20. The lowest BCUT2D eigenvalue weighted by Crippen LogP contribution is -2.27. The molecule has 0 aliphatic heterocycles. The van der Waals surface area contributed by atoms with Crippen LogP contribution in [0.4, 0.5) is 10.1 Å². The van der Waals surface area contributed by atoms with Gasteiger partial charge >= 0.3 is 0 Å². The topological polar surface area (TPSA) is 20.3 Å². The molecule has 0 aromatic heterocycles. The zero-order valence-electron chi connectivity index (χ0n) is 9.53. The van der Waals surface area contributed by atoms with E-state index in [1.807, 2.05) is 4.90 Å². The van der Waals surface area contributed by atoms with Crippen LogP contribution in [-0.2, 0) is 0 Å². The van der Waals surface area contributed by atoms with Crippen LogP contribution in [0.25, 0.3) is 0 Å². The molecule has 0 radical (unpaired) electrons. The maximum Gasteiger partial charge on any atom is 0.155 e. The van der Waals surface area contributed by atoms with Gasteiger partial charge in [-0.25, -0.2) is 4.39 Å². The van der Waals surface area contributed by atoms with E-state index in [2.05, 4.69) is 5.92 Å². The second kappa shape index (κ2) is 5.01. The third-order valence-corrected chi connectivity index (χ3v) is 2.95. The van der Waals surface area contributed by atoms with Crippen LogP contribution in [-0.4, -0.2) is 19.4 Å². The molecule has 1 aromatic rings. The third kappa shape index (κ3) is 2.65. The fourth-order valence-electron chi connectivity index (χ4n) is 1.89. The molecule has 0 heterocycles. The molecule has 0 spiro atoms. The lowest BCUT2D eigenvalue weighted by atomic mass is 10.1. The van der Waals surface area contributed by atoms with Crippen molar-refractivity contribution in [2.75, 3.05) is 18.0 Å². The molecule has 0 bridgehead atoms. The van der Waals surface area contributed by atoms with Gasteiger partial charge in [0.1, 0.15) is 5.82 Å². The Morgan fingerprint density at radius 3 is 2.88 bits per heavy atom. The Bertz CT molecular complexity index is 460. The van der Waals surface area contributed by atoms with Crippen molar-refractivity contribution < 1.29 is 9.18 Å². The molecule has 88 valence electrons. The maximum atomic E-state index is 13.5. The molecular formula is C14H14FNO. The van der Waals surface area contributed by atoms with Crippen LogP contribution in [0.5, 0.6) is 0 Å². The van der Waals surface area contributed by atoms with E-state index in [-0.39, 0.29) is 5.56 Å². The first-order chi connectivity index (χ1) is 8.26. The molecule has 3 heteroatoms. The Hall–Kier alpha value is -1.82. The summed E-state index contributed by atoms with van der Waals surface area (Å²) >= 11 is 0. The van der Waals surface area contributed by atoms with E-state index in [9.17, 15) is 9.18 Å². The number of carbonyl (C=O) groups excluding carboxylic acids is 1. The molecule has 1 fully saturated rings. The molecule has 2 nitrogen and oxygen atoms in total. The SMILES string of the molecule is C#CCN(CC1CC1)c1cccc(F)c1C=O. The second-order valence-corrected chi connectivity index (χ2v) is 4.32. The number of aldehydes is 1. The smallest absolute Gasteiger partial charge is 0.155 e. The van der Waals surface area contributed by atoms with E-state index in [0.717, 1.165) is 6.54 Å². The van der Waals surface area contributed by atoms with Gasteiger partial charge in [-0.15, -0.1) is 6.42 Å². The fraction of sp³-hybridized carbons (Fsp3) is 0.357. The number of benzene rings is 1. The number of terminal acetylenes is 1. The zero-order valence-corrected chi connectivity index (χ0v) is 9.53. The largest absolute Gasteiger partial charge is 0.359 e. The normalized spacial score (nSPS) is 14.1. The Morgan fingerprint density at radius 1 is 1.53 bits per heavy atom. The summed E-state index contributed by atoms with van der Waals surface area (Å²) in [4.78, 5) is 12.8. The lowest BCUT2D eigenvalue weighted by Gasteiger charge is -2.23. The van der Waals surface area contributed by atoms with Crippen molar-refractivity contribution in [3.63, 3.8) is 0 Å². The summed E-state index contributed by atoms with van der Waals surface area (Å²) < 4.78 is 13.5. The first kappa shape index (κ1) is 11.7. The van der Waals surface area contributed by atoms with Gasteiger partial charge in [0.05, 0.1) is 17.8 Å². The van der Waals surface area contributed by atoms with Crippen LogP contribution in [0, 0.1) is 24.1 Å². The number of halogens is 1. The minimum Gasteiger partial charge on any atom is -0.359 e. The van der Waals surface area contributed by atoms with Gasteiger partial charge in [-0.3, -0.25) is 4.79 Å². The predicted octanol–water partition coefficient (Wildman–Crippen LogP) is 2.49. The molecule has 1 saturated carbocycles. The minimum atomic E-state index is -0.490. The number of hydrogen-bond donors (Lipinski definition) is 0. The van der Waals surface area contributed by atoms with Crippen LogP contribution in [0.3, 0.4) is 0 Å². The third-order valence-electron chi connectivity index (χ3n) is 2.95. The molecule has 1 aliphatic carbocycles. The van der Waals surface area contributed by atoms with Crippen molar-refractivity contribution in [3.8, 4) is 12.3 Å². The van der Waals surface area contributed by atoms with Crippen LogP contribution >= 0.6 is 0 Å². The molecule has 1 aliphatic rings. The van der Waals surface area contributed by atoms with Crippen LogP contribution in [0.2, 0.25) is 0 Å². The molecule has 0 N–H and O–H groups in total. The standard InChI is InChI=1S/C14H14FNO/c1-2-8-16(9-11-6-7-11)14-5-3-4-13(15)12(14)10-17/h1,3-5,10-11H,6-9H2. The highest BCUT2D eigenvalue weighted by molar-refractivity contribution is 5.85. The summed E-state index contributed by atoms with van der Waals surface area (Å²) in [6, 6.07) is 4.64. The highest BCUT2D eigenvalue weighted by Gasteiger charge is 2.25. The van der Waals surface area contributed by atoms with E-state index in [1.54, 1.807) is 12.1 Å². The first-order valence-electron chi connectivity index (χ1n) is 5.68. The van der Waals surface area contributed by atoms with Gasteiger partial charge in [0.15, 0.2) is 6.29 Å². The van der Waals surface area contributed by atoms with Crippen molar-refractivity contribution in [2.45, 2.75) is 12.8 Å². The van der Waals surface area contributed by atoms with Gasteiger partial charge in [0.25, 0.3) is 0 Å². The van der Waals surface area contributed by atoms with E-state index in [0.29, 0.717) is 24.4 Å². The molecule has 2 rings (SSSR count). The maximum absolute atomic E-state index is 13.5. The zero-order chi connectivity index (χ0) is 12.3. The average Bonchev–Trinajstić information content (AvgIpc) is 3.12. The van der Waals surface area contributed by atoms with Gasteiger partial charge in [-0.05, 0) is 30.9 Å². The summed E-state index contributed by atoms with van der Waals surface area (Å²) in [5.41, 5.74) is 0.702. The summed E-state index contributed by atoms with van der Waals surface area (Å²) in [5, 5.41) is 0. The lowest BCUT2D eigenvalue weighted by molar-refractivity contribution is 0.112. The monoisotopic (exact) mass is 231 g/mol. The Labute approximate surface area is 100 Å². The number of nitrogens with zero attached hydrogens (tertiary/aromatic N) is 1. The Morgan fingerprint density at radius 2 is 2.29 bits per heavy atom. The average molecular weight is 231 g/mol. The van der Waals surface area contributed by atoms with Gasteiger partial charge in [-0.2, -0.15) is 0 Å². The van der Waals surface area contributed by atoms with Crippen molar-refractivity contribution in [1.82, 2.24) is 0 Å². The van der Waals surface area contributed by atoms with E-state index in [4.69, 9.17) is 6.42 Å². The van der Waals surface area contributed by atoms with Crippen molar-refractivity contribution in [3.05, 3.63) is 29.6 Å². The van der Waals surface area contributed by atoms with E-state index < -0.39 is 5.82 Å². The Kier molecular flexibility index (Phi) is 3.43. The first-order valence-corrected chi connectivity index (χ1v) is 5.68. The van der Waals surface area contributed by atoms with Crippen molar-refractivity contribution in [1.29, 1.82) is 0 Å². The van der Waals surface area contributed by atoms with Gasteiger partial charge in [-0.1, -0.05) is 12.0 Å². The van der Waals surface area contributed by atoms with Crippen molar-refractivity contribution >= 4 is 12.0 Å². The van der Waals surface area contributed by atoms with Gasteiger partial charge in [0.2, 0.25) is 0 Å².